The molecular weight excluding hydrogens is 236 g/mol. The summed E-state index contributed by atoms with van der Waals surface area (Å²) in [5, 5.41) is 3.70. The normalized spacial score (nSPS) is 27.6. The second-order valence-electron chi connectivity index (χ2n) is 5.97. The number of hydrogen-bond donors (Lipinski definition) is 1. The first-order valence-electron chi connectivity index (χ1n) is 7.27. The van der Waals surface area contributed by atoms with Gasteiger partial charge in [0.1, 0.15) is 5.52 Å². The molecule has 3 nitrogen and oxygen atoms in total. The predicted octanol–water partition coefficient (Wildman–Crippen LogP) is 4.37. The Morgan fingerprint density at radius 2 is 1.95 bits per heavy atom. The number of benzene rings is 1. The van der Waals surface area contributed by atoms with Gasteiger partial charge in [-0.2, -0.15) is 0 Å². The van der Waals surface area contributed by atoms with Crippen LogP contribution in [-0.2, 0) is 0 Å². The van der Waals surface area contributed by atoms with E-state index in [0.29, 0.717) is 6.04 Å². The van der Waals surface area contributed by atoms with Gasteiger partial charge in [-0.3, -0.25) is 0 Å². The van der Waals surface area contributed by atoms with Crippen molar-refractivity contribution in [2.75, 3.05) is 5.32 Å². The summed E-state index contributed by atoms with van der Waals surface area (Å²) in [5.41, 5.74) is 2.97. The molecule has 1 saturated carbocycles. The van der Waals surface area contributed by atoms with Gasteiger partial charge in [-0.1, -0.05) is 20.3 Å². The number of fused-ring (bicyclic) bond motifs is 1. The Labute approximate surface area is 114 Å². The molecular formula is C16H22N2O. The molecule has 0 amide bonds. The molecule has 102 valence electrons. The summed E-state index contributed by atoms with van der Waals surface area (Å²) in [4.78, 5) is 4.40. The van der Waals surface area contributed by atoms with Crippen molar-refractivity contribution >= 4 is 16.8 Å². The zero-order chi connectivity index (χ0) is 13.4. The molecule has 1 fully saturated rings. The first-order chi connectivity index (χ1) is 9.13. The van der Waals surface area contributed by atoms with Gasteiger partial charge in [-0.15, -0.1) is 0 Å². The lowest BCUT2D eigenvalue weighted by molar-refractivity contribution is 0.268. The molecule has 19 heavy (non-hydrogen) atoms. The fraction of sp³-hybridized carbons (Fsp3) is 0.562. The van der Waals surface area contributed by atoms with E-state index in [1.807, 2.05) is 13.0 Å². The number of rotatable bonds is 2. The van der Waals surface area contributed by atoms with Gasteiger partial charge in [0.25, 0.3) is 0 Å². The van der Waals surface area contributed by atoms with Crippen molar-refractivity contribution in [1.29, 1.82) is 0 Å². The lowest BCUT2D eigenvalue weighted by Gasteiger charge is -2.35. The molecule has 0 spiro atoms. The molecule has 2 unspecified atom stereocenters. The van der Waals surface area contributed by atoms with E-state index in [9.17, 15) is 0 Å². The maximum absolute atomic E-state index is 5.52. The summed E-state index contributed by atoms with van der Waals surface area (Å²) < 4.78 is 5.52. The Balaban J connectivity index is 1.83. The van der Waals surface area contributed by atoms with Crippen LogP contribution >= 0.6 is 0 Å². The van der Waals surface area contributed by atoms with E-state index in [-0.39, 0.29) is 0 Å². The van der Waals surface area contributed by atoms with Crippen LogP contribution in [0.5, 0.6) is 0 Å². The molecule has 1 aromatic heterocycles. The standard InChI is InChI=1S/C16H22N2O/c1-10-5-4-6-11(2)16(10)18-13-7-8-15-14(9-13)17-12(3)19-15/h7-11,16,18H,4-6H2,1-3H3. The number of aromatic nitrogens is 1. The van der Waals surface area contributed by atoms with Crippen LogP contribution in [0.4, 0.5) is 5.69 Å². The minimum atomic E-state index is 0.569. The van der Waals surface area contributed by atoms with E-state index in [1.54, 1.807) is 0 Å². The third kappa shape index (κ3) is 2.46. The number of aryl methyl sites for hydroxylation is 1. The summed E-state index contributed by atoms with van der Waals surface area (Å²) in [6, 6.07) is 6.77. The van der Waals surface area contributed by atoms with Crippen molar-refractivity contribution in [3.05, 3.63) is 24.1 Å². The van der Waals surface area contributed by atoms with Gasteiger partial charge in [-0.05, 0) is 42.9 Å². The van der Waals surface area contributed by atoms with Gasteiger partial charge in [-0.25, -0.2) is 4.98 Å². The summed E-state index contributed by atoms with van der Waals surface area (Å²) >= 11 is 0. The third-order valence-corrected chi connectivity index (χ3v) is 4.37. The smallest absolute Gasteiger partial charge is 0.192 e. The SMILES string of the molecule is Cc1nc2cc(NC3C(C)CCCC3C)ccc2o1. The molecule has 2 aromatic rings. The van der Waals surface area contributed by atoms with Crippen molar-refractivity contribution in [3.8, 4) is 0 Å². The molecule has 0 aliphatic heterocycles. The molecule has 1 N–H and O–H groups in total. The zero-order valence-corrected chi connectivity index (χ0v) is 11.9. The Morgan fingerprint density at radius 1 is 1.21 bits per heavy atom. The molecule has 0 saturated heterocycles. The molecule has 1 aliphatic carbocycles. The van der Waals surface area contributed by atoms with Crippen LogP contribution in [0.25, 0.3) is 11.1 Å². The van der Waals surface area contributed by atoms with Gasteiger partial charge in [0.15, 0.2) is 11.5 Å². The van der Waals surface area contributed by atoms with Gasteiger partial charge >= 0.3 is 0 Å². The maximum atomic E-state index is 5.52. The summed E-state index contributed by atoms with van der Waals surface area (Å²) in [7, 11) is 0. The van der Waals surface area contributed by atoms with Gasteiger partial charge in [0, 0.05) is 18.7 Å². The minimum absolute atomic E-state index is 0.569. The van der Waals surface area contributed by atoms with E-state index in [1.165, 1.54) is 19.3 Å². The molecule has 1 heterocycles. The van der Waals surface area contributed by atoms with Crippen molar-refractivity contribution < 1.29 is 4.42 Å². The van der Waals surface area contributed by atoms with E-state index >= 15 is 0 Å². The van der Waals surface area contributed by atoms with E-state index in [0.717, 1.165) is 34.5 Å². The van der Waals surface area contributed by atoms with Gasteiger partial charge in [0.2, 0.25) is 0 Å². The van der Waals surface area contributed by atoms with E-state index < -0.39 is 0 Å². The highest BCUT2D eigenvalue weighted by atomic mass is 16.3. The van der Waals surface area contributed by atoms with E-state index in [4.69, 9.17) is 4.42 Å². The van der Waals surface area contributed by atoms with E-state index in [2.05, 4.69) is 36.3 Å². The van der Waals surface area contributed by atoms with Gasteiger partial charge in [0.05, 0.1) is 0 Å². The summed E-state index contributed by atoms with van der Waals surface area (Å²) in [6.07, 6.45) is 4.02. The molecule has 1 aliphatic rings. The van der Waals surface area contributed by atoms with Crippen LogP contribution in [0.15, 0.2) is 22.6 Å². The quantitative estimate of drug-likeness (QED) is 0.869. The molecule has 0 bridgehead atoms. The number of nitrogens with one attached hydrogen (secondary N) is 1. The second kappa shape index (κ2) is 4.87. The van der Waals surface area contributed by atoms with Crippen molar-refractivity contribution in [1.82, 2.24) is 4.98 Å². The van der Waals surface area contributed by atoms with Gasteiger partial charge < -0.3 is 9.73 Å². The van der Waals surface area contributed by atoms with Crippen LogP contribution < -0.4 is 5.32 Å². The zero-order valence-electron chi connectivity index (χ0n) is 11.9. The van der Waals surface area contributed by atoms with Crippen LogP contribution in [0.2, 0.25) is 0 Å². The highest BCUT2D eigenvalue weighted by molar-refractivity contribution is 5.77. The lowest BCUT2D eigenvalue weighted by atomic mass is 9.78. The fourth-order valence-corrected chi connectivity index (χ4v) is 3.29. The predicted molar refractivity (Wildman–Crippen MR) is 78.3 cm³/mol. The third-order valence-electron chi connectivity index (χ3n) is 4.37. The first-order valence-corrected chi connectivity index (χ1v) is 7.27. The highest BCUT2D eigenvalue weighted by Gasteiger charge is 2.27. The number of nitrogens with zero attached hydrogens (tertiary/aromatic N) is 1. The monoisotopic (exact) mass is 258 g/mol. The van der Waals surface area contributed by atoms with Crippen LogP contribution in [-0.4, -0.2) is 11.0 Å². The fourth-order valence-electron chi connectivity index (χ4n) is 3.29. The number of anilines is 1. The first kappa shape index (κ1) is 12.5. The topological polar surface area (TPSA) is 38.1 Å². The van der Waals surface area contributed by atoms with Crippen LogP contribution in [0.3, 0.4) is 0 Å². The number of oxazole rings is 1. The maximum Gasteiger partial charge on any atom is 0.192 e. The van der Waals surface area contributed by atoms with Crippen LogP contribution in [0.1, 0.15) is 39.0 Å². The molecule has 0 radical (unpaired) electrons. The van der Waals surface area contributed by atoms with Crippen molar-refractivity contribution in [2.24, 2.45) is 11.8 Å². The largest absolute Gasteiger partial charge is 0.441 e. The van der Waals surface area contributed by atoms with Crippen molar-refractivity contribution in [2.45, 2.75) is 46.1 Å². The molecule has 2 atom stereocenters. The average Bonchev–Trinajstić information content (AvgIpc) is 2.73. The minimum Gasteiger partial charge on any atom is -0.441 e. The molecule has 1 aromatic carbocycles. The Bertz CT molecular complexity index is 565. The Kier molecular flexibility index (Phi) is 3.21. The molecule has 3 rings (SSSR count). The van der Waals surface area contributed by atoms with Crippen molar-refractivity contribution in [3.63, 3.8) is 0 Å². The summed E-state index contributed by atoms with van der Waals surface area (Å²) in [6.45, 7) is 6.59. The second-order valence-corrected chi connectivity index (χ2v) is 5.97. The lowest BCUT2D eigenvalue weighted by Crippen LogP contribution is -2.37. The van der Waals surface area contributed by atoms with Crippen LogP contribution in [0, 0.1) is 18.8 Å². The highest BCUT2D eigenvalue weighted by Crippen LogP contribution is 2.32. The number of hydrogen-bond acceptors (Lipinski definition) is 3. The summed E-state index contributed by atoms with van der Waals surface area (Å²) in [5.74, 6) is 2.20. The Hall–Kier alpha value is -1.51. The average molecular weight is 258 g/mol. The molecule has 3 heteroatoms. The Morgan fingerprint density at radius 3 is 2.68 bits per heavy atom.